The normalized spacial score (nSPS) is 10.3. The first-order valence-electron chi connectivity index (χ1n) is 8.32. The third-order valence-corrected chi connectivity index (χ3v) is 2.87. The first kappa shape index (κ1) is 22.6. The molecule has 22 heavy (non-hydrogen) atoms. The van der Waals surface area contributed by atoms with E-state index in [4.69, 9.17) is 5.73 Å². The van der Waals surface area contributed by atoms with E-state index in [1.165, 1.54) is 20.0 Å². The van der Waals surface area contributed by atoms with Gasteiger partial charge in [0.1, 0.15) is 0 Å². The number of unbranched alkanes of at least 4 members (excludes halogenated alkanes) is 1. The number of nitrogen functional groups attached to an aromatic ring is 1. The van der Waals surface area contributed by atoms with Crippen LogP contribution in [0.2, 0.25) is 0 Å². The van der Waals surface area contributed by atoms with Gasteiger partial charge in [-0.15, -0.1) is 0 Å². The molecule has 3 N–H and O–H groups in total. The van der Waals surface area contributed by atoms with E-state index >= 15 is 0 Å². The predicted octanol–water partition coefficient (Wildman–Crippen LogP) is 5.10. The van der Waals surface area contributed by atoms with E-state index in [-0.39, 0.29) is 5.97 Å². The van der Waals surface area contributed by atoms with E-state index in [0.717, 1.165) is 12.1 Å². The summed E-state index contributed by atoms with van der Waals surface area (Å²) in [7, 11) is 1.36. The number of nitrogens with two attached hydrogens (primary N) is 1. The Kier molecular flexibility index (Phi) is 14.6. The van der Waals surface area contributed by atoms with Crippen molar-refractivity contribution in [3.63, 3.8) is 0 Å². The molecule has 0 aromatic heterocycles. The van der Waals surface area contributed by atoms with Crippen molar-refractivity contribution >= 4 is 17.3 Å². The lowest BCUT2D eigenvalue weighted by molar-refractivity contribution is 0.0601. The fourth-order valence-electron chi connectivity index (χ4n) is 1.79. The highest BCUT2D eigenvalue weighted by Gasteiger charge is 2.09. The largest absolute Gasteiger partial charge is 0.465 e. The highest BCUT2D eigenvalue weighted by Crippen LogP contribution is 2.22. The predicted molar refractivity (Wildman–Crippen MR) is 97.5 cm³/mol. The molecule has 1 rings (SSSR count). The molecular formula is C18H34N2O2. The molecule has 0 amide bonds. The number of carbonyl (C=O) groups excluding carboxylic acids is 1. The Hall–Kier alpha value is -1.71. The van der Waals surface area contributed by atoms with Crippen molar-refractivity contribution < 1.29 is 9.53 Å². The zero-order valence-electron chi connectivity index (χ0n) is 15.3. The van der Waals surface area contributed by atoms with Gasteiger partial charge < -0.3 is 15.8 Å². The van der Waals surface area contributed by atoms with Crippen LogP contribution in [0.5, 0.6) is 0 Å². The molecule has 0 aliphatic carbocycles. The number of methoxy groups -OCH3 is 1. The number of esters is 1. The maximum absolute atomic E-state index is 11.3. The minimum absolute atomic E-state index is 0.368. The van der Waals surface area contributed by atoms with Crippen LogP contribution in [0.3, 0.4) is 0 Å². The molecular weight excluding hydrogens is 276 g/mol. The Morgan fingerprint density at radius 2 is 1.86 bits per heavy atom. The number of rotatable bonds is 6. The highest BCUT2D eigenvalue weighted by atomic mass is 16.5. The molecule has 0 bridgehead atoms. The minimum atomic E-state index is -0.368. The summed E-state index contributed by atoms with van der Waals surface area (Å²) >= 11 is 0. The number of hydrogen-bond acceptors (Lipinski definition) is 4. The quantitative estimate of drug-likeness (QED) is 0.567. The fourth-order valence-corrected chi connectivity index (χ4v) is 1.79. The van der Waals surface area contributed by atoms with Gasteiger partial charge in [0.15, 0.2) is 0 Å². The van der Waals surface area contributed by atoms with Crippen molar-refractivity contribution in [3.05, 3.63) is 23.8 Å². The molecule has 4 nitrogen and oxygen atoms in total. The molecule has 1 aromatic carbocycles. The van der Waals surface area contributed by atoms with Crippen LogP contribution in [0.1, 0.15) is 71.2 Å². The Labute approximate surface area is 136 Å². The van der Waals surface area contributed by atoms with Crippen LogP contribution in [0.4, 0.5) is 11.4 Å². The summed E-state index contributed by atoms with van der Waals surface area (Å²) in [5.74, 6) is -0.368. The van der Waals surface area contributed by atoms with Gasteiger partial charge in [-0.25, -0.2) is 4.79 Å². The van der Waals surface area contributed by atoms with Crippen molar-refractivity contribution in [1.82, 2.24) is 0 Å². The Bertz CT molecular complexity index is 406. The second-order valence-electron chi connectivity index (χ2n) is 4.48. The first-order chi connectivity index (χ1) is 10.6. The zero-order valence-corrected chi connectivity index (χ0v) is 15.3. The second kappa shape index (κ2) is 14.2. The summed E-state index contributed by atoms with van der Waals surface area (Å²) in [5.41, 5.74) is 7.83. The van der Waals surface area contributed by atoms with Crippen molar-refractivity contribution in [2.45, 2.75) is 66.8 Å². The van der Waals surface area contributed by atoms with E-state index in [2.05, 4.69) is 23.9 Å². The van der Waals surface area contributed by atoms with Crippen LogP contribution < -0.4 is 11.1 Å². The molecule has 0 heterocycles. The Morgan fingerprint density at radius 3 is 2.32 bits per heavy atom. The molecule has 1 atom stereocenters. The molecule has 0 radical (unpaired) electrons. The minimum Gasteiger partial charge on any atom is -0.465 e. The molecule has 0 spiro atoms. The van der Waals surface area contributed by atoms with Crippen LogP contribution in [0.25, 0.3) is 0 Å². The highest BCUT2D eigenvalue weighted by molar-refractivity contribution is 5.91. The first-order valence-corrected chi connectivity index (χ1v) is 8.32. The molecule has 0 fully saturated rings. The zero-order chi connectivity index (χ0) is 17.5. The average molecular weight is 310 g/mol. The molecule has 128 valence electrons. The van der Waals surface area contributed by atoms with E-state index in [9.17, 15) is 4.79 Å². The lowest BCUT2D eigenvalue weighted by Gasteiger charge is -2.16. The Balaban J connectivity index is 0. The van der Waals surface area contributed by atoms with Gasteiger partial charge in [0.2, 0.25) is 0 Å². The van der Waals surface area contributed by atoms with Crippen molar-refractivity contribution in [2.24, 2.45) is 0 Å². The number of hydrogen-bond donors (Lipinski definition) is 2. The van der Waals surface area contributed by atoms with E-state index in [0.29, 0.717) is 17.3 Å². The topological polar surface area (TPSA) is 64.3 Å². The number of carbonyl (C=O) groups is 1. The summed E-state index contributed by atoms with van der Waals surface area (Å²) < 4.78 is 4.65. The van der Waals surface area contributed by atoms with Crippen LogP contribution in [0.15, 0.2) is 18.2 Å². The standard InChI is InChI=1S/C14H22N2O2.2C2H6/c1-4-5-6-10(2)16-13-8-7-11(9-12(13)15)14(17)18-3;2*1-2/h7-10,16H,4-6,15H2,1-3H3;2*1-2H3. The maximum atomic E-state index is 11.3. The van der Waals surface area contributed by atoms with E-state index < -0.39 is 0 Å². The van der Waals surface area contributed by atoms with Gasteiger partial charge in [-0.1, -0.05) is 47.5 Å². The number of anilines is 2. The van der Waals surface area contributed by atoms with Gasteiger partial charge in [0.25, 0.3) is 0 Å². The Morgan fingerprint density at radius 1 is 1.27 bits per heavy atom. The molecule has 0 aliphatic heterocycles. The lowest BCUT2D eigenvalue weighted by Crippen LogP contribution is -2.16. The van der Waals surface area contributed by atoms with Crippen molar-refractivity contribution in [3.8, 4) is 0 Å². The summed E-state index contributed by atoms with van der Waals surface area (Å²) in [5, 5.41) is 3.35. The summed E-state index contributed by atoms with van der Waals surface area (Å²) in [6, 6.07) is 5.55. The van der Waals surface area contributed by atoms with Crippen molar-refractivity contribution in [2.75, 3.05) is 18.2 Å². The average Bonchev–Trinajstić information content (AvgIpc) is 2.57. The van der Waals surface area contributed by atoms with Gasteiger partial charge in [-0.05, 0) is 31.5 Å². The van der Waals surface area contributed by atoms with Crippen LogP contribution in [0, 0.1) is 0 Å². The van der Waals surface area contributed by atoms with Gasteiger partial charge in [-0.3, -0.25) is 0 Å². The second-order valence-corrected chi connectivity index (χ2v) is 4.48. The summed E-state index contributed by atoms with van der Waals surface area (Å²) in [4.78, 5) is 11.3. The van der Waals surface area contributed by atoms with Gasteiger partial charge in [-0.2, -0.15) is 0 Å². The third-order valence-electron chi connectivity index (χ3n) is 2.87. The molecule has 4 heteroatoms. The van der Waals surface area contributed by atoms with Gasteiger partial charge in [0, 0.05) is 6.04 Å². The van der Waals surface area contributed by atoms with E-state index in [1.54, 1.807) is 12.1 Å². The van der Waals surface area contributed by atoms with Gasteiger partial charge >= 0.3 is 5.97 Å². The summed E-state index contributed by atoms with van der Waals surface area (Å²) in [6.45, 7) is 12.3. The third kappa shape index (κ3) is 8.55. The number of nitrogens with one attached hydrogen (secondary N) is 1. The number of benzene rings is 1. The summed E-state index contributed by atoms with van der Waals surface area (Å²) in [6.07, 6.45) is 3.48. The van der Waals surface area contributed by atoms with E-state index in [1.807, 2.05) is 33.8 Å². The smallest absolute Gasteiger partial charge is 0.337 e. The fraction of sp³-hybridized carbons (Fsp3) is 0.611. The molecule has 0 aliphatic rings. The maximum Gasteiger partial charge on any atom is 0.337 e. The molecule has 0 saturated carbocycles. The van der Waals surface area contributed by atoms with Crippen LogP contribution in [-0.4, -0.2) is 19.1 Å². The monoisotopic (exact) mass is 310 g/mol. The van der Waals surface area contributed by atoms with Crippen molar-refractivity contribution in [1.29, 1.82) is 0 Å². The lowest BCUT2D eigenvalue weighted by atomic mass is 10.1. The molecule has 1 unspecified atom stereocenters. The van der Waals surface area contributed by atoms with Crippen LogP contribution >= 0.6 is 0 Å². The SMILES string of the molecule is CC.CC.CCCCC(C)Nc1ccc(C(=O)OC)cc1N. The molecule has 0 saturated heterocycles. The van der Waals surface area contributed by atoms with Gasteiger partial charge in [0.05, 0.1) is 24.0 Å². The number of ether oxygens (including phenoxy) is 1. The molecule has 1 aromatic rings. The van der Waals surface area contributed by atoms with Crippen LogP contribution in [-0.2, 0) is 4.74 Å².